The fraction of sp³-hybridized carbons (Fsp3) is 0.316. The van der Waals surface area contributed by atoms with Crippen molar-refractivity contribution < 1.29 is 0 Å². The highest BCUT2D eigenvalue weighted by Crippen LogP contribution is 2.29. The first-order valence-corrected chi connectivity index (χ1v) is 7.37. The van der Waals surface area contributed by atoms with Crippen molar-refractivity contribution in [2.75, 3.05) is 0 Å². The van der Waals surface area contributed by atoms with E-state index in [0.29, 0.717) is 5.92 Å². The second-order valence-corrected chi connectivity index (χ2v) is 5.89. The predicted molar refractivity (Wildman–Crippen MR) is 91.9 cm³/mol. The van der Waals surface area contributed by atoms with Gasteiger partial charge in [0.1, 0.15) is 0 Å². The molecular weight excluding hydrogens is 256 g/mol. The molecule has 110 valence electrons. The van der Waals surface area contributed by atoms with Crippen LogP contribution in [-0.2, 0) is 7.05 Å². The molecule has 0 aliphatic carbocycles. The Bertz CT molecular complexity index is 688. The number of rotatable bonds is 4. The van der Waals surface area contributed by atoms with Crippen LogP contribution < -0.4 is 0 Å². The summed E-state index contributed by atoms with van der Waals surface area (Å²) in [5, 5.41) is 4.30. The number of allylic oxidation sites excluding steroid dienone is 1. The number of hydrogen-bond acceptors (Lipinski definition) is 1. The molecule has 0 saturated heterocycles. The first kappa shape index (κ1) is 15.3. The Hall–Kier alpha value is -2.09. The van der Waals surface area contributed by atoms with Gasteiger partial charge in [0.2, 0.25) is 0 Å². The maximum atomic E-state index is 4.30. The third kappa shape index (κ3) is 3.15. The molecule has 0 unspecified atom stereocenters. The Labute approximate surface area is 127 Å². The molecule has 0 radical (unpaired) electrons. The van der Waals surface area contributed by atoms with Gasteiger partial charge in [-0.2, -0.15) is 5.10 Å². The summed E-state index contributed by atoms with van der Waals surface area (Å²) < 4.78 is 1.85. The van der Waals surface area contributed by atoms with E-state index < -0.39 is 0 Å². The van der Waals surface area contributed by atoms with E-state index in [2.05, 4.69) is 63.8 Å². The molecule has 2 rings (SSSR count). The minimum absolute atomic E-state index is 0.437. The number of hydrogen-bond donors (Lipinski definition) is 0. The standard InChI is InChI=1S/C19H24N2/c1-7-17-14(4)8-9-15(5)19(17)10-18(13(2)3)16-11-20-21(6)12-16/h7-13H,1H2,2-6H3/b18-10+. The molecule has 0 aliphatic rings. The van der Waals surface area contributed by atoms with Gasteiger partial charge in [0.05, 0.1) is 6.20 Å². The number of aromatic nitrogens is 2. The van der Waals surface area contributed by atoms with Crippen LogP contribution >= 0.6 is 0 Å². The lowest BCUT2D eigenvalue weighted by atomic mass is 9.90. The summed E-state index contributed by atoms with van der Waals surface area (Å²) in [6.07, 6.45) is 8.26. The quantitative estimate of drug-likeness (QED) is 0.780. The SMILES string of the molecule is C=Cc1c(C)ccc(C)c1/C=C(/c1cnn(C)c1)C(C)C. The lowest BCUT2D eigenvalue weighted by Crippen LogP contribution is -1.96. The third-order valence-electron chi connectivity index (χ3n) is 3.89. The highest BCUT2D eigenvalue weighted by molar-refractivity contribution is 5.86. The normalized spacial score (nSPS) is 12.0. The smallest absolute Gasteiger partial charge is 0.0565 e. The van der Waals surface area contributed by atoms with E-state index in [0.717, 1.165) is 0 Å². The zero-order chi connectivity index (χ0) is 15.6. The predicted octanol–water partition coefficient (Wildman–Crippen LogP) is 4.88. The maximum Gasteiger partial charge on any atom is 0.0565 e. The van der Waals surface area contributed by atoms with Gasteiger partial charge in [-0.3, -0.25) is 4.68 Å². The van der Waals surface area contributed by atoms with Crippen LogP contribution in [0.4, 0.5) is 0 Å². The van der Waals surface area contributed by atoms with Gasteiger partial charge in [-0.05, 0) is 53.7 Å². The van der Waals surface area contributed by atoms with Crippen LogP contribution in [-0.4, -0.2) is 9.78 Å². The van der Waals surface area contributed by atoms with Crippen LogP contribution in [0.25, 0.3) is 17.7 Å². The zero-order valence-electron chi connectivity index (χ0n) is 13.6. The largest absolute Gasteiger partial charge is 0.275 e. The second kappa shape index (κ2) is 6.13. The molecule has 0 saturated carbocycles. The lowest BCUT2D eigenvalue weighted by molar-refractivity contribution is 0.767. The van der Waals surface area contributed by atoms with Crippen molar-refractivity contribution in [1.29, 1.82) is 0 Å². The molecule has 1 aromatic heterocycles. The molecule has 1 aromatic carbocycles. The van der Waals surface area contributed by atoms with Gasteiger partial charge in [0.25, 0.3) is 0 Å². The molecule has 0 bridgehead atoms. The monoisotopic (exact) mass is 280 g/mol. The van der Waals surface area contributed by atoms with Crippen LogP contribution in [0, 0.1) is 19.8 Å². The van der Waals surface area contributed by atoms with Crippen LogP contribution in [0.1, 0.15) is 41.7 Å². The van der Waals surface area contributed by atoms with E-state index in [1.807, 2.05) is 24.0 Å². The second-order valence-electron chi connectivity index (χ2n) is 5.89. The van der Waals surface area contributed by atoms with Crippen molar-refractivity contribution in [2.45, 2.75) is 27.7 Å². The molecular formula is C19H24N2. The third-order valence-corrected chi connectivity index (χ3v) is 3.89. The summed E-state index contributed by atoms with van der Waals surface area (Å²) in [7, 11) is 1.95. The Balaban J connectivity index is 2.64. The fourth-order valence-corrected chi connectivity index (χ4v) is 2.63. The molecule has 0 spiro atoms. The number of aryl methyl sites for hydroxylation is 3. The highest BCUT2D eigenvalue weighted by atomic mass is 15.2. The van der Waals surface area contributed by atoms with Crippen LogP contribution in [0.5, 0.6) is 0 Å². The Morgan fingerprint density at radius 2 is 1.81 bits per heavy atom. The average molecular weight is 280 g/mol. The summed E-state index contributed by atoms with van der Waals surface area (Å²) in [6.45, 7) is 12.7. The van der Waals surface area contributed by atoms with E-state index in [1.165, 1.54) is 33.4 Å². The van der Waals surface area contributed by atoms with Crippen LogP contribution in [0.3, 0.4) is 0 Å². The molecule has 21 heavy (non-hydrogen) atoms. The van der Waals surface area contributed by atoms with Gasteiger partial charge in [-0.25, -0.2) is 0 Å². The van der Waals surface area contributed by atoms with Gasteiger partial charge in [-0.15, -0.1) is 0 Å². The maximum absolute atomic E-state index is 4.30. The lowest BCUT2D eigenvalue weighted by Gasteiger charge is -2.14. The minimum Gasteiger partial charge on any atom is -0.275 e. The van der Waals surface area contributed by atoms with Crippen LogP contribution in [0.2, 0.25) is 0 Å². The molecule has 2 aromatic rings. The van der Waals surface area contributed by atoms with Crippen molar-refractivity contribution in [3.05, 3.63) is 58.9 Å². The topological polar surface area (TPSA) is 17.8 Å². The minimum atomic E-state index is 0.437. The van der Waals surface area contributed by atoms with E-state index in [4.69, 9.17) is 0 Å². The molecule has 1 heterocycles. The van der Waals surface area contributed by atoms with Crippen molar-refractivity contribution in [2.24, 2.45) is 13.0 Å². The molecule has 2 nitrogen and oxygen atoms in total. The van der Waals surface area contributed by atoms with Crippen molar-refractivity contribution in [3.8, 4) is 0 Å². The van der Waals surface area contributed by atoms with Crippen molar-refractivity contribution in [3.63, 3.8) is 0 Å². The van der Waals surface area contributed by atoms with Gasteiger partial charge in [0.15, 0.2) is 0 Å². The van der Waals surface area contributed by atoms with Gasteiger partial charge in [-0.1, -0.05) is 38.6 Å². The molecule has 2 heteroatoms. The summed E-state index contributed by atoms with van der Waals surface area (Å²) in [6, 6.07) is 4.33. The first-order valence-electron chi connectivity index (χ1n) is 7.37. The highest BCUT2D eigenvalue weighted by Gasteiger charge is 2.11. The van der Waals surface area contributed by atoms with E-state index in [9.17, 15) is 0 Å². The van der Waals surface area contributed by atoms with E-state index in [-0.39, 0.29) is 0 Å². The summed E-state index contributed by atoms with van der Waals surface area (Å²) in [5.41, 5.74) is 7.51. The van der Waals surface area contributed by atoms with Gasteiger partial charge < -0.3 is 0 Å². The van der Waals surface area contributed by atoms with Gasteiger partial charge >= 0.3 is 0 Å². The summed E-state index contributed by atoms with van der Waals surface area (Å²) >= 11 is 0. The van der Waals surface area contributed by atoms with Gasteiger partial charge in [0, 0.05) is 18.8 Å². The Kier molecular flexibility index (Phi) is 4.46. The molecule has 0 fully saturated rings. The molecule has 0 N–H and O–H groups in total. The van der Waals surface area contributed by atoms with Crippen LogP contribution in [0.15, 0.2) is 31.1 Å². The van der Waals surface area contributed by atoms with Crippen molar-refractivity contribution >= 4 is 17.7 Å². The molecule has 0 aliphatic heterocycles. The first-order chi connectivity index (χ1) is 9.93. The summed E-state index contributed by atoms with van der Waals surface area (Å²) in [5.74, 6) is 0.437. The molecule has 0 amide bonds. The Morgan fingerprint density at radius 3 is 2.29 bits per heavy atom. The molecule has 0 atom stereocenters. The summed E-state index contributed by atoms with van der Waals surface area (Å²) in [4.78, 5) is 0. The number of nitrogens with zero attached hydrogens (tertiary/aromatic N) is 2. The average Bonchev–Trinajstić information content (AvgIpc) is 2.85. The fourth-order valence-electron chi connectivity index (χ4n) is 2.63. The zero-order valence-corrected chi connectivity index (χ0v) is 13.6. The Morgan fingerprint density at radius 1 is 1.19 bits per heavy atom. The van der Waals surface area contributed by atoms with E-state index in [1.54, 1.807) is 0 Å². The van der Waals surface area contributed by atoms with Crippen molar-refractivity contribution in [1.82, 2.24) is 9.78 Å². The number of benzene rings is 1. The van der Waals surface area contributed by atoms with E-state index >= 15 is 0 Å².